The molecule has 0 unspecified atom stereocenters. The van der Waals surface area contributed by atoms with Gasteiger partial charge in [-0.3, -0.25) is 0 Å². The van der Waals surface area contributed by atoms with E-state index in [4.69, 9.17) is 28.1 Å². The monoisotopic (exact) mass is 597 g/mol. The fourth-order valence-corrected chi connectivity index (χ4v) is 6.99. The fraction of sp³-hybridized carbons (Fsp3) is 0.545. The molecule has 3 atom stereocenters. The summed E-state index contributed by atoms with van der Waals surface area (Å²) in [4.78, 5) is 12.7. The van der Waals surface area contributed by atoms with Crippen molar-refractivity contribution in [1.29, 1.82) is 0 Å². The van der Waals surface area contributed by atoms with Crippen LogP contribution in [-0.4, -0.2) is 60.8 Å². The number of methoxy groups -OCH3 is 3. The Balaban J connectivity index is 1.66. The lowest BCUT2D eigenvalue weighted by molar-refractivity contribution is -0.100. The van der Waals surface area contributed by atoms with Gasteiger partial charge in [0.15, 0.2) is 26.1 Å². The van der Waals surface area contributed by atoms with Crippen LogP contribution in [0, 0.1) is 0 Å². The number of ether oxygens (including phenoxy) is 5. The maximum absolute atomic E-state index is 12.7. The van der Waals surface area contributed by atoms with Gasteiger partial charge in [-0.15, -0.1) is 0 Å². The van der Waals surface area contributed by atoms with Gasteiger partial charge in [-0.1, -0.05) is 69.3 Å². The van der Waals surface area contributed by atoms with Crippen molar-refractivity contribution in [2.75, 3.05) is 27.9 Å². The molecule has 0 aromatic heterocycles. The van der Waals surface area contributed by atoms with E-state index in [1.165, 1.54) is 0 Å². The molecule has 2 aliphatic rings. The first-order valence-electron chi connectivity index (χ1n) is 14.7. The molecule has 1 N–H and O–H groups in total. The highest BCUT2D eigenvalue weighted by atomic mass is 28.4. The van der Waals surface area contributed by atoms with Crippen LogP contribution in [0.3, 0.4) is 0 Å². The van der Waals surface area contributed by atoms with Gasteiger partial charge in [0, 0.05) is 32.7 Å². The second kappa shape index (κ2) is 13.2. The minimum Gasteiger partial charge on any atom is -0.493 e. The van der Waals surface area contributed by atoms with Crippen LogP contribution in [0.5, 0.6) is 11.5 Å². The van der Waals surface area contributed by atoms with Crippen molar-refractivity contribution >= 4 is 14.4 Å². The van der Waals surface area contributed by atoms with E-state index in [-0.39, 0.29) is 23.9 Å². The highest BCUT2D eigenvalue weighted by molar-refractivity contribution is 6.74. The van der Waals surface area contributed by atoms with Gasteiger partial charge < -0.3 is 33.4 Å². The molecule has 0 fully saturated rings. The summed E-state index contributed by atoms with van der Waals surface area (Å²) in [7, 11) is 2.81. The number of nitrogens with one attached hydrogen (secondary N) is 1. The van der Waals surface area contributed by atoms with Crippen molar-refractivity contribution in [3.8, 4) is 11.5 Å². The molecule has 0 spiro atoms. The molecule has 4 rings (SSSR count). The number of hydrogen-bond acceptors (Lipinski definition) is 7. The number of rotatable bonds is 12. The fourth-order valence-electron chi connectivity index (χ4n) is 5.66. The van der Waals surface area contributed by atoms with Crippen LogP contribution in [-0.2, 0) is 37.1 Å². The zero-order chi connectivity index (χ0) is 30.5. The second-order valence-electron chi connectivity index (χ2n) is 12.6. The van der Waals surface area contributed by atoms with Crippen LogP contribution in [0.4, 0.5) is 4.79 Å². The number of fused-ring (bicyclic) bond motifs is 3. The zero-order valence-electron chi connectivity index (χ0n) is 26.3. The third-order valence-corrected chi connectivity index (χ3v) is 13.5. The Morgan fingerprint density at radius 2 is 1.81 bits per heavy atom. The van der Waals surface area contributed by atoms with Gasteiger partial charge in [0.05, 0.1) is 18.6 Å². The lowest BCUT2D eigenvalue weighted by Crippen LogP contribution is -2.54. The summed E-state index contributed by atoms with van der Waals surface area (Å²) in [6, 6.07) is 13.6. The Bertz CT molecular complexity index is 1240. The van der Waals surface area contributed by atoms with E-state index in [9.17, 15) is 4.79 Å². The molecule has 1 heterocycles. The Morgan fingerprint density at radius 3 is 2.45 bits per heavy atom. The van der Waals surface area contributed by atoms with Crippen LogP contribution in [0.15, 0.2) is 54.6 Å². The topological polar surface area (TPSA) is 84.5 Å². The minimum atomic E-state index is -2.13. The van der Waals surface area contributed by atoms with E-state index in [2.05, 4.69) is 57.4 Å². The molecule has 1 amide bonds. The maximum atomic E-state index is 12.7. The molecule has 0 bridgehead atoms. The Labute approximate surface area is 251 Å². The molecule has 0 saturated heterocycles. The summed E-state index contributed by atoms with van der Waals surface area (Å²) in [5.74, 6) is 1.39. The van der Waals surface area contributed by atoms with Crippen molar-refractivity contribution in [1.82, 2.24) is 5.32 Å². The lowest BCUT2D eigenvalue weighted by atomic mass is 9.68. The SMILES string of the molecule is COc1ccc(CC(OC)OC)c2c1O[C@H]1[C@H](O[Si](C)(C)C(C)(C)C)CC=C[C@@]21CCNC(=O)OCc1ccccc1. The average Bonchev–Trinajstić information content (AvgIpc) is 3.31. The summed E-state index contributed by atoms with van der Waals surface area (Å²) < 4.78 is 36.3. The van der Waals surface area contributed by atoms with Crippen LogP contribution >= 0.6 is 0 Å². The maximum Gasteiger partial charge on any atom is 0.407 e. The smallest absolute Gasteiger partial charge is 0.407 e. The zero-order valence-corrected chi connectivity index (χ0v) is 27.3. The molecule has 1 aliphatic carbocycles. The first kappa shape index (κ1) is 32.1. The van der Waals surface area contributed by atoms with Gasteiger partial charge in [0.1, 0.15) is 12.7 Å². The molecule has 9 heteroatoms. The van der Waals surface area contributed by atoms with Gasteiger partial charge in [-0.05, 0) is 48.2 Å². The van der Waals surface area contributed by atoms with Crippen molar-refractivity contribution in [2.24, 2.45) is 0 Å². The summed E-state index contributed by atoms with van der Waals surface area (Å²) >= 11 is 0. The molecule has 0 radical (unpaired) electrons. The number of benzene rings is 2. The van der Waals surface area contributed by atoms with Crippen LogP contribution in [0.1, 0.15) is 50.3 Å². The molecule has 8 nitrogen and oxygen atoms in total. The summed E-state index contributed by atoms with van der Waals surface area (Å²) in [6.45, 7) is 11.9. The summed E-state index contributed by atoms with van der Waals surface area (Å²) in [5.41, 5.74) is 2.45. The largest absolute Gasteiger partial charge is 0.493 e. The van der Waals surface area contributed by atoms with E-state index in [0.29, 0.717) is 30.9 Å². The third kappa shape index (κ3) is 6.69. The number of hydrogen-bond donors (Lipinski definition) is 1. The Morgan fingerprint density at radius 1 is 1.10 bits per heavy atom. The standard InChI is InChI=1S/C33H47NO7Si/c1-32(2,3)42(7,8)41-26-15-12-18-33(19-20-34-31(35)39-22-23-13-10-9-11-14-23)28-24(21-27(37-5)38-6)16-17-25(36-4)29(28)40-30(26)33/h9-14,16-18,26-27,30H,15,19-22H2,1-8H3,(H,34,35)/t26-,30+,33-/m1/s1. The van der Waals surface area contributed by atoms with Gasteiger partial charge in [0.2, 0.25) is 0 Å². The lowest BCUT2D eigenvalue weighted by Gasteiger charge is -2.45. The quantitative estimate of drug-likeness (QED) is 0.169. The predicted octanol–water partition coefficient (Wildman–Crippen LogP) is 6.52. The molecule has 0 saturated carbocycles. The molecule has 230 valence electrons. The van der Waals surface area contributed by atoms with Crippen molar-refractivity contribution in [3.05, 3.63) is 71.3 Å². The minimum absolute atomic E-state index is 0.0410. The molecular formula is C33H47NO7Si. The predicted molar refractivity (Wildman–Crippen MR) is 166 cm³/mol. The summed E-state index contributed by atoms with van der Waals surface area (Å²) in [5, 5.41) is 3.01. The van der Waals surface area contributed by atoms with E-state index in [1.807, 2.05) is 36.4 Å². The number of amides is 1. The van der Waals surface area contributed by atoms with Gasteiger partial charge in [-0.2, -0.15) is 0 Å². The first-order valence-corrected chi connectivity index (χ1v) is 17.6. The average molecular weight is 598 g/mol. The number of carbonyl (C=O) groups excluding carboxylic acids is 1. The highest BCUT2D eigenvalue weighted by Crippen LogP contribution is 2.56. The third-order valence-electron chi connectivity index (χ3n) is 8.95. The molecule has 2 aromatic carbocycles. The van der Waals surface area contributed by atoms with Gasteiger partial charge in [-0.25, -0.2) is 4.79 Å². The molecular weight excluding hydrogens is 550 g/mol. The van der Waals surface area contributed by atoms with E-state index in [1.54, 1.807) is 21.3 Å². The number of carbonyl (C=O) groups is 1. The van der Waals surface area contributed by atoms with Gasteiger partial charge >= 0.3 is 6.09 Å². The van der Waals surface area contributed by atoms with Crippen LogP contribution in [0.25, 0.3) is 0 Å². The van der Waals surface area contributed by atoms with E-state index < -0.39 is 26.1 Å². The molecule has 1 aliphatic heterocycles. The van der Waals surface area contributed by atoms with Crippen molar-refractivity contribution < 1.29 is 32.9 Å². The summed E-state index contributed by atoms with van der Waals surface area (Å²) in [6.07, 6.45) is 4.97. The second-order valence-corrected chi connectivity index (χ2v) is 17.4. The van der Waals surface area contributed by atoms with Gasteiger partial charge in [0.25, 0.3) is 0 Å². The molecule has 2 aromatic rings. The Hall–Kier alpha value is -2.85. The first-order chi connectivity index (χ1) is 20.0. The normalized spacial score (nSPS) is 21.5. The highest BCUT2D eigenvalue weighted by Gasteiger charge is 2.56. The van der Waals surface area contributed by atoms with Crippen LogP contribution < -0.4 is 14.8 Å². The van der Waals surface area contributed by atoms with Crippen molar-refractivity contribution in [2.45, 2.75) is 88.7 Å². The Kier molecular flexibility index (Phi) is 10.1. The van der Waals surface area contributed by atoms with Crippen molar-refractivity contribution in [3.63, 3.8) is 0 Å². The molecule has 42 heavy (non-hydrogen) atoms. The number of alkyl carbamates (subject to hydrolysis) is 1. The van der Waals surface area contributed by atoms with E-state index in [0.717, 1.165) is 23.1 Å². The van der Waals surface area contributed by atoms with Crippen LogP contribution in [0.2, 0.25) is 18.1 Å². The van der Waals surface area contributed by atoms with E-state index >= 15 is 0 Å².